The maximum atomic E-state index is 14.1. The van der Waals surface area contributed by atoms with E-state index in [-0.39, 0.29) is 17.9 Å². The van der Waals surface area contributed by atoms with Gasteiger partial charge < -0.3 is 10.1 Å². The molecule has 4 rings (SSSR count). The van der Waals surface area contributed by atoms with Crippen LogP contribution in [0.15, 0.2) is 59.8 Å². The molecule has 0 spiro atoms. The zero-order chi connectivity index (χ0) is 24.5. The Labute approximate surface area is 202 Å². The summed E-state index contributed by atoms with van der Waals surface area (Å²) in [6.07, 6.45) is 5.66. The van der Waals surface area contributed by atoms with Gasteiger partial charge in [0.2, 0.25) is 11.9 Å². The molecular formula is C26H27FN4O2S. The fourth-order valence-corrected chi connectivity index (χ4v) is 3.99. The summed E-state index contributed by atoms with van der Waals surface area (Å²) in [6.45, 7) is 8.03. The van der Waals surface area contributed by atoms with Crippen molar-refractivity contribution in [2.24, 2.45) is 0 Å². The topological polar surface area (TPSA) is 69.0 Å². The molecule has 0 unspecified atom stereocenters. The third-order valence-electron chi connectivity index (χ3n) is 5.32. The molecule has 0 saturated carbocycles. The number of halogens is 1. The predicted octanol–water partition coefficient (Wildman–Crippen LogP) is 6.33. The van der Waals surface area contributed by atoms with E-state index in [0.717, 1.165) is 21.4 Å². The van der Waals surface area contributed by atoms with Gasteiger partial charge in [-0.1, -0.05) is 12.1 Å². The van der Waals surface area contributed by atoms with E-state index in [0.29, 0.717) is 22.7 Å². The van der Waals surface area contributed by atoms with Crippen LogP contribution < -0.4 is 10.1 Å². The molecule has 0 aliphatic carbocycles. The average molecular weight is 479 g/mol. The van der Waals surface area contributed by atoms with Gasteiger partial charge in [-0.2, -0.15) is 9.49 Å². The van der Waals surface area contributed by atoms with E-state index in [4.69, 9.17) is 4.74 Å². The maximum Gasteiger partial charge on any atom is 0.228 e. The lowest BCUT2D eigenvalue weighted by Crippen LogP contribution is -2.22. The normalized spacial score (nSPS) is 11.6. The van der Waals surface area contributed by atoms with Gasteiger partial charge >= 0.3 is 0 Å². The highest BCUT2D eigenvalue weighted by Crippen LogP contribution is 2.34. The highest BCUT2D eigenvalue weighted by Gasteiger charge is 2.15. The smallest absolute Gasteiger partial charge is 0.228 e. The predicted molar refractivity (Wildman–Crippen MR) is 134 cm³/mol. The Morgan fingerprint density at radius 1 is 1.15 bits per heavy atom. The molecule has 0 bridgehead atoms. The zero-order valence-electron chi connectivity index (χ0n) is 19.8. The number of fused-ring (bicyclic) bond motifs is 1. The molecular weight excluding hydrogens is 451 g/mol. The monoisotopic (exact) mass is 478 g/mol. The second-order valence-corrected chi connectivity index (χ2v) is 9.98. The molecule has 2 heterocycles. The third-order valence-corrected chi connectivity index (χ3v) is 6.05. The highest BCUT2D eigenvalue weighted by atomic mass is 32.2. The van der Waals surface area contributed by atoms with E-state index in [9.17, 15) is 9.18 Å². The Kier molecular flexibility index (Phi) is 6.61. The van der Waals surface area contributed by atoms with E-state index in [2.05, 4.69) is 15.4 Å². The van der Waals surface area contributed by atoms with Crippen molar-refractivity contribution in [2.75, 3.05) is 11.6 Å². The van der Waals surface area contributed by atoms with Crippen LogP contribution in [0.2, 0.25) is 0 Å². The number of nitrogens with zero attached hydrogens (tertiary/aromatic N) is 3. The molecule has 4 aromatic rings. The molecule has 0 aliphatic heterocycles. The van der Waals surface area contributed by atoms with Crippen molar-refractivity contribution < 1.29 is 13.9 Å². The summed E-state index contributed by atoms with van der Waals surface area (Å²) >= 11 is 1.60. The van der Waals surface area contributed by atoms with Crippen molar-refractivity contribution in [3.8, 4) is 11.5 Å². The number of rotatable bonds is 6. The Bertz CT molecular complexity index is 1360. The quantitative estimate of drug-likeness (QED) is 0.259. The molecule has 6 nitrogen and oxygen atoms in total. The first-order chi connectivity index (χ1) is 16.1. The van der Waals surface area contributed by atoms with Crippen molar-refractivity contribution in [2.45, 2.75) is 44.6 Å². The molecule has 0 atom stereocenters. The van der Waals surface area contributed by atoms with Crippen LogP contribution in [0.4, 0.5) is 10.1 Å². The van der Waals surface area contributed by atoms with Gasteiger partial charge in [0, 0.05) is 22.5 Å². The number of hydrogen-bond acceptors (Lipinski definition) is 5. The van der Waals surface area contributed by atoms with E-state index < -0.39 is 5.95 Å². The summed E-state index contributed by atoms with van der Waals surface area (Å²) in [5.41, 5.74) is 2.73. The minimum atomic E-state index is -0.597. The largest absolute Gasteiger partial charge is 0.456 e. The van der Waals surface area contributed by atoms with E-state index in [1.165, 1.54) is 6.07 Å². The van der Waals surface area contributed by atoms with Crippen molar-refractivity contribution in [1.82, 2.24) is 14.8 Å². The Hall–Kier alpha value is -3.39. The summed E-state index contributed by atoms with van der Waals surface area (Å²) < 4.78 is 22.0. The van der Waals surface area contributed by atoms with E-state index >= 15 is 0 Å². The highest BCUT2D eigenvalue weighted by molar-refractivity contribution is 7.98. The molecule has 8 heteroatoms. The Balaban J connectivity index is 1.49. The average Bonchev–Trinajstić information content (AvgIpc) is 3.24. The molecule has 2 aromatic carbocycles. The van der Waals surface area contributed by atoms with E-state index in [1.54, 1.807) is 30.1 Å². The minimum absolute atomic E-state index is 0.131. The first kappa shape index (κ1) is 23.8. The van der Waals surface area contributed by atoms with Crippen molar-refractivity contribution in [3.05, 3.63) is 71.9 Å². The standard InChI is InChI=1S/C26H27FN4O2S/c1-16-10-17(11-25(32)29-18-14-28-31(15-18)26(2,3)4)6-9-22(16)33-23-13-24(27)30-21-8-7-19(34-5)12-20(21)23/h6-10,12-15H,11H2,1-5H3,(H,29,32). The van der Waals surface area contributed by atoms with Crippen LogP contribution in [-0.4, -0.2) is 26.9 Å². The first-order valence-electron chi connectivity index (χ1n) is 10.9. The van der Waals surface area contributed by atoms with Gasteiger partial charge in [0.15, 0.2) is 0 Å². The number of aryl methyl sites for hydroxylation is 1. The molecule has 1 amide bonds. The number of thioether (sulfide) groups is 1. The van der Waals surface area contributed by atoms with Gasteiger partial charge in [-0.05, 0) is 69.3 Å². The lowest BCUT2D eigenvalue weighted by atomic mass is 10.1. The van der Waals surface area contributed by atoms with Crippen LogP contribution in [0.25, 0.3) is 10.9 Å². The SMILES string of the molecule is CSc1ccc2nc(F)cc(Oc3ccc(CC(=O)Nc4cnn(C(C)(C)C)c4)cc3C)c2c1. The van der Waals surface area contributed by atoms with Crippen molar-refractivity contribution in [3.63, 3.8) is 0 Å². The number of hydrogen-bond donors (Lipinski definition) is 1. The minimum Gasteiger partial charge on any atom is -0.456 e. The van der Waals surface area contributed by atoms with Gasteiger partial charge in [0.1, 0.15) is 11.5 Å². The van der Waals surface area contributed by atoms with Crippen LogP contribution in [0, 0.1) is 12.9 Å². The summed E-state index contributed by atoms with van der Waals surface area (Å²) in [5.74, 6) is 0.272. The third kappa shape index (κ3) is 5.39. The number of ether oxygens (including phenoxy) is 1. The van der Waals surface area contributed by atoms with Gasteiger partial charge in [-0.15, -0.1) is 11.8 Å². The summed E-state index contributed by atoms with van der Waals surface area (Å²) in [6, 6.07) is 12.5. The van der Waals surface area contributed by atoms with Crippen LogP contribution in [-0.2, 0) is 16.8 Å². The Morgan fingerprint density at radius 2 is 1.94 bits per heavy atom. The molecule has 0 aliphatic rings. The number of pyridine rings is 1. The van der Waals surface area contributed by atoms with Crippen molar-refractivity contribution >= 4 is 34.3 Å². The van der Waals surface area contributed by atoms with Crippen LogP contribution in [0.3, 0.4) is 0 Å². The molecule has 2 aromatic heterocycles. The van der Waals surface area contributed by atoms with Gasteiger partial charge in [0.25, 0.3) is 0 Å². The molecule has 0 fully saturated rings. The van der Waals surface area contributed by atoms with Gasteiger partial charge in [-0.3, -0.25) is 9.48 Å². The maximum absolute atomic E-state index is 14.1. The summed E-state index contributed by atoms with van der Waals surface area (Å²) in [7, 11) is 0. The lowest BCUT2D eigenvalue weighted by molar-refractivity contribution is -0.115. The number of carbonyl (C=O) groups excluding carboxylic acids is 1. The second kappa shape index (κ2) is 9.46. The molecule has 0 saturated heterocycles. The van der Waals surface area contributed by atoms with E-state index in [1.807, 2.05) is 69.1 Å². The first-order valence-corrected chi connectivity index (χ1v) is 12.1. The zero-order valence-corrected chi connectivity index (χ0v) is 20.7. The molecule has 176 valence electrons. The molecule has 34 heavy (non-hydrogen) atoms. The van der Waals surface area contributed by atoms with Crippen LogP contribution >= 0.6 is 11.8 Å². The number of benzene rings is 2. The fraction of sp³-hybridized carbons (Fsp3) is 0.269. The number of carbonyl (C=O) groups is 1. The van der Waals surface area contributed by atoms with Crippen molar-refractivity contribution in [1.29, 1.82) is 0 Å². The second-order valence-electron chi connectivity index (χ2n) is 9.10. The number of amides is 1. The van der Waals surface area contributed by atoms with Crippen LogP contribution in [0.5, 0.6) is 11.5 Å². The number of nitrogens with one attached hydrogen (secondary N) is 1. The summed E-state index contributed by atoms with van der Waals surface area (Å²) in [4.78, 5) is 17.5. The fourth-order valence-electron chi connectivity index (χ4n) is 3.55. The van der Waals surface area contributed by atoms with Gasteiger partial charge in [0.05, 0.1) is 29.4 Å². The lowest BCUT2D eigenvalue weighted by Gasteiger charge is -2.18. The number of anilines is 1. The summed E-state index contributed by atoms with van der Waals surface area (Å²) in [5, 5.41) is 7.94. The Morgan fingerprint density at radius 3 is 2.62 bits per heavy atom. The molecule has 0 radical (unpaired) electrons. The molecule has 1 N–H and O–H groups in total. The van der Waals surface area contributed by atoms with Gasteiger partial charge in [-0.25, -0.2) is 4.98 Å². The number of aromatic nitrogens is 3. The van der Waals surface area contributed by atoms with Crippen LogP contribution in [0.1, 0.15) is 31.9 Å².